The predicted octanol–water partition coefficient (Wildman–Crippen LogP) is 2.66. The molecule has 0 amide bonds. The van der Waals surface area contributed by atoms with Gasteiger partial charge in [0.25, 0.3) is 0 Å². The summed E-state index contributed by atoms with van der Waals surface area (Å²) in [7, 11) is 0. The van der Waals surface area contributed by atoms with Crippen molar-refractivity contribution in [2.24, 2.45) is 0 Å². The standard InChI is InChI=1S/C11H17NO/c1-8(2)12-10-4-3-5-11-9(10)6-7-13-11/h6-8,10,12H,3-5H2,1-2H3/t10-/m0/s1. The molecule has 0 aliphatic heterocycles. The van der Waals surface area contributed by atoms with Crippen LogP contribution >= 0.6 is 0 Å². The maximum atomic E-state index is 5.43. The van der Waals surface area contributed by atoms with Gasteiger partial charge in [0, 0.05) is 24.1 Å². The first-order valence-electron chi connectivity index (χ1n) is 5.09. The van der Waals surface area contributed by atoms with Crippen molar-refractivity contribution in [2.45, 2.75) is 45.2 Å². The molecule has 1 N–H and O–H groups in total. The molecule has 2 heteroatoms. The van der Waals surface area contributed by atoms with E-state index < -0.39 is 0 Å². The average molecular weight is 179 g/mol. The largest absolute Gasteiger partial charge is 0.469 e. The fourth-order valence-electron chi connectivity index (χ4n) is 2.06. The second-order valence-corrected chi connectivity index (χ2v) is 4.07. The number of hydrogen-bond acceptors (Lipinski definition) is 2. The van der Waals surface area contributed by atoms with Crippen molar-refractivity contribution in [2.75, 3.05) is 0 Å². The molecule has 0 unspecified atom stereocenters. The Hall–Kier alpha value is -0.760. The van der Waals surface area contributed by atoms with Crippen LogP contribution < -0.4 is 5.32 Å². The normalized spacial score (nSPS) is 21.9. The molecular weight excluding hydrogens is 162 g/mol. The summed E-state index contributed by atoms with van der Waals surface area (Å²) in [6.07, 6.45) is 5.40. The van der Waals surface area contributed by atoms with Crippen molar-refractivity contribution in [1.29, 1.82) is 0 Å². The van der Waals surface area contributed by atoms with Gasteiger partial charge in [-0.05, 0) is 18.9 Å². The van der Waals surface area contributed by atoms with Crippen molar-refractivity contribution in [3.63, 3.8) is 0 Å². The highest BCUT2D eigenvalue weighted by Gasteiger charge is 2.22. The minimum Gasteiger partial charge on any atom is -0.469 e. The zero-order valence-corrected chi connectivity index (χ0v) is 8.34. The summed E-state index contributed by atoms with van der Waals surface area (Å²) in [5.41, 5.74) is 1.37. The van der Waals surface area contributed by atoms with Gasteiger partial charge in [-0.1, -0.05) is 13.8 Å². The molecule has 72 valence electrons. The van der Waals surface area contributed by atoms with Crippen molar-refractivity contribution in [1.82, 2.24) is 5.32 Å². The minimum atomic E-state index is 0.516. The lowest BCUT2D eigenvalue weighted by Crippen LogP contribution is -2.30. The molecule has 1 aromatic heterocycles. The van der Waals surface area contributed by atoms with Crippen LogP contribution in [0.25, 0.3) is 0 Å². The number of furan rings is 1. The van der Waals surface area contributed by atoms with E-state index >= 15 is 0 Å². The maximum absolute atomic E-state index is 5.43. The van der Waals surface area contributed by atoms with Crippen LogP contribution in [0.4, 0.5) is 0 Å². The number of hydrogen-bond donors (Lipinski definition) is 1. The van der Waals surface area contributed by atoms with Gasteiger partial charge in [0.15, 0.2) is 0 Å². The summed E-state index contributed by atoms with van der Waals surface area (Å²) in [5, 5.41) is 3.56. The number of nitrogens with one attached hydrogen (secondary N) is 1. The first-order valence-corrected chi connectivity index (χ1v) is 5.09. The van der Waals surface area contributed by atoms with Crippen LogP contribution in [0.15, 0.2) is 16.7 Å². The fraction of sp³-hybridized carbons (Fsp3) is 0.636. The molecule has 1 aliphatic carbocycles. The van der Waals surface area contributed by atoms with E-state index in [9.17, 15) is 0 Å². The molecule has 1 heterocycles. The Bertz CT molecular complexity index is 277. The summed E-state index contributed by atoms with van der Waals surface area (Å²) in [5.74, 6) is 1.18. The number of rotatable bonds is 2. The molecule has 0 saturated carbocycles. The van der Waals surface area contributed by atoms with Gasteiger partial charge in [0.1, 0.15) is 5.76 Å². The predicted molar refractivity (Wildman–Crippen MR) is 52.7 cm³/mol. The molecule has 1 aliphatic rings. The van der Waals surface area contributed by atoms with E-state index in [2.05, 4.69) is 25.2 Å². The molecular formula is C11H17NO. The summed E-state index contributed by atoms with van der Waals surface area (Å²) >= 11 is 0. The van der Waals surface area contributed by atoms with Crippen molar-refractivity contribution in [3.05, 3.63) is 23.7 Å². The number of aryl methyl sites for hydroxylation is 1. The van der Waals surface area contributed by atoms with Gasteiger partial charge in [-0.2, -0.15) is 0 Å². The molecule has 13 heavy (non-hydrogen) atoms. The Labute approximate surface area is 79.3 Å². The van der Waals surface area contributed by atoms with Crippen LogP contribution in [0, 0.1) is 0 Å². The molecule has 0 radical (unpaired) electrons. The van der Waals surface area contributed by atoms with Crippen LogP contribution in [-0.4, -0.2) is 6.04 Å². The lowest BCUT2D eigenvalue weighted by atomic mass is 9.93. The van der Waals surface area contributed by atoms with E-state index in [1.54, 1.807) is 0 Å². The topological polar surface area (TPSA) is 25.2 Å². The zero-order valence-electron chi connectivity index (χ0n) is 8.34. The Morgan fingerprint density at radius 1 is 1.54 bits per heavy atom. The van der Waals surface area contributed by atoms with Gasteiger partial charge in [0.05, 0.1) is 6.26 Å². The molecule has 2 nitrogen and oxygen atoms in total. The molecule has 1 atom stereocenters. The zero-order chi connectivity index (χ0) is 9.26. The highest BCUT2D eigenvalue weighted by atomic mass is 16.3. The van der Waals surface area contributed by atoms with Crippen LogP contribution in [0.2, 0.25) is 0 Å². The molecule has 2 rings (SSSR count). The van der Waals surface area contributed by atoms with E-state index in [4.69, 9.17) is 4.42 Å². The second-order valence-electron chi connectivity index (χ2n) is 4.07. The van der Waals surface area contributed by atoms with Gasteiger partial charge in [-0.15, -0.1) is 0 Å². The van der Waals surface area contributed by atoms with E-state index in [-0.39, 0.29) is 0 Å². The van der Waals surface area contributed by atoms with Gasteiger partial charge < -0.3 is 9.73 Å². The quantitative estimate of drug-likeness (QED) is 0.755. The van der Waals surface area contributed by atoms with E-state index in [1.165, 1.54) is 24.2 Å². The number of fused-ring (bicyclic) bond motifs is 1. The first kappa shape index (κ1) is 8.82. The third-order valence-corrected chi connectivity index (χ3v) is 2.59. The van der Waals surface area contributed by atoms with E-state index in [0.717, 1.165) is 6.42 Å². The average Bonchev–Trinajstić information content (AvgIpc) is 2.51. The highest BCUT2D eigenvalue weighted by Crippen LogP contribution is 2.30. The Balaban J connectivity index is 2.15. The Kier molecular flexibility index (Phi) is 2.40. The SMILES string of the molecule is CC(C)N[C@H]1CCCc2occc21. The molecule has 0 aromatic carbocycles. The fourth-order valence-corrected chi connectivity index (χ4v) is 2.06. The van der Waals surface area contributed by atoms with Crippen LogP contribution in [0.1, 0.15) is 44.1 Å². The molecule has 0 fully saturated rings. The molecule has 0 spiro atoms. The summed E-state index contributed by atoms with van der Waals surface area (Å²) in [6, 6.07) is 3.17. The minimum absolute atomic E-state index is 0.516. The van der Waals surface area contributed by atoms with Gasteiger partial charge >= 0.3 is 0 Å². The Morgan fingerprint density at radius 2 is 2.38 bits per heavy atom. The van der Waals surface area contributed by atoms with E-state index in [0.29, 0.717) is 12.1 Å². The highest BCUT2D eigenvalue weighted by molar-refractivity contribution is 5.24. The maximum Gasteiger partial charge on any atom is 0.108 e. The summed E-state index contributed by atoms with van der Waals surface area (Å²) < 4.78 is 5.43. The third-order valence-electron chi connectivity index (χ3n) is 2.59. The van der Waals surface area contributed by atoms with Crippen LogP contribution in [0.5, 0.6) is 0 Å². The van der Waals surface area contributed by atoms with Crippen molar-refractivity contribution in [3.8, 4) is 0 Å². The smallest absolute Gasteiger partial charge is 0.108 e. The molecule has 0 saturated heterocycles. The van der Waals surface area contributed by atoms with Crippen molar-refractivity contribution < 1.29 is 4.42 Å². The van der Waals surface area contributed by atoms with Gasteiger partial charge in [-0.25, -0.2) is 0 Å². The Morgan fingerprint density at radius 3 is 3.15 bits per heavy atom. The van der Waals surface area contributed by atoms with Gasteiger partial charge in [0.2, 0.25) is 0 Å². The third kappa shape index (κ3) is 1.78. The summed E-state index contributed by atoms with van der Waals surface area (Å²) in [4.78, 5) is 0. The van der Waals surface area contributed by atoms with Gasteiger partial charge in [-0.3, -0.25) is 0 Å². The van der Waals surface area contributed by atoms with Crippen LogP contribution in [-0.2, 0) is 6.42 Å². The first-order chi connectivity index (χ1) is 6.27. The van der Waals surface area contributed by atoms with Crippen LogP contribution in [0.3, 0.4) is 0 Å². The lowest BCUT2D eigenvalue weighted by molar-refractivity contribution is 0.391. The molecule has 1 aromatic rings. The monoisotopic (exact) mass is 179 g/mol. The molecule has 0 bridgehead atoms. The van der Waals surface area contributed by atoms with E-state index in [1.807, 2.05) is 6.26 Å². The van der Waals surface area contributed by atoms with Crippen molar-refractivity contribution >= 4 is 0 Å². The summed E-state index contributed by atoms with van der Waals surface area (Å²) in [6.45, 7) is 4.38. The second kappa shape index (κ2) is 3.54. The lowest BCUT2D eigenvalue weighted by Gasteiger charge is -2.24.